The molecule has 122 valence electrons. The summed E-state index contributed by atoms with van der Waals surface area (Å²) >= 11 is 0. The summed E-state index contributed by atoms with van der Waals surface area (Å²) in [6.45, 7) is 3.97. The van der Waals surface area contributed by atoms with E-state index in [1.54, 1.807) is 7.11 Å². The second-order valence-electron chi connectivity index (χ2n) is 6.33. The SMILES string of the molecule is CNc1ccc(-c2c[nH]c3cc(OC)c(C)c(C)c3c2=O)c2c1C2. The summed E-state index contributed by atoms with van der Waals surface area (Å²) < 4.78 is 5.41. The third kappa shape index (κ3) is 1.96. The molecule has 24 heavy (non-hydrogen) atoms. The van der Waals surface area contributed by atoms with Gasteiger partial charge in [-0.3, -0.25) is 4.79 Å². The van der Waals surface area contributed by atoms with Gasteiger partial charge in [-0.25, -0.2) is 0 Å². The highest BCUT2D eigenvalue weighted by Gasteiger charge is 2.26. The lowest BCUT2D eigenvalue weighted by Crippen LogP contribution is -2.09. The van der Waals surface area contributed by atoms with Gasteiger partial charge in [0.05, 0.1) is 12.6 Å². The quantitative estimate of drug-likeness (QED) is 0.604. The lowest BCUT2D eigenvalue weighted by Gasteiger charge is -2.12. The molecule has 0 fully saturated rings. The normalized spacial score (nSPS) is 12.2. The number of pyridine rings is 1. The molecule has 4 heteroatoms. The predicted octanol–water partition coefficient (Wildman–Crippen LogP) is 3.77. The molecule has 0 saturated carbocycles. The van der Waals surface area contributed by atoms with E-state index in [0.717, 1.165) is 51.0 Å². The standard InChI is InChI=1S/C20H20N2O2/c1-10-11(2)19-17(8-18(10)24-4)22-9-15(20(19)23)12-5-6-16(21-3)14-7-13(12)14/h5-6,8-9,21H,7H2,1-4H3,(H,22,23). The minimum absolute atomic E-state index is 0.0818. The topological polar surface area (TPSA) is 54.1 Å². The summed E-state index contributed by atoms with van der Waals surface area (Å²) in [6.07, 6.45) is 2.78. The molecule has 0 saturated heterocycles. The van der Waals surface area contributed by atoms with E-state index in [4.69, 9.17) is 4.74 Å². The van der Waals surface area contributed by atoms with E-state index < -0.39 is 0 Å². The number of H-pyrrole nitrogens is 1. The highest BCUT2D eigenvalue weighted by molar-refractivity contribution is 5.90. The Balaban J connectivity index is 1.98. The van der Waals surface area contributed by atoms with Crippen molar-refractivity contribution >= 4 is 16.6 Å². The Kier molecular flexibility index (Phi) is 3.17. The number of ether oxygens (including phenoxy) is 1. The fourth-order valence-corrected chi connectivity index (χ4v) is 3.56. The molecule has 0 aliphatic heterocycles. The molecule has 1 heterocycles. The number of methoxy groups -OCH3 is 1. The van der Waals surface area contributed by atoms with Crippen molar-refractivity contribution in [2.45, 2.75) is 20.3 Å². The van der Waals surface area contributed by atoms with Crippen LogP contribution in [0.25, 0.3) is 22.0 Å². The number of anilines is 1. The van der Waals surface area contributed by atoms with Crippen LogP contribution in [-0.4, -0.2) is 19.1 Å². The van der Waals surface area contributed by atoms with Crippen molar-refractivity contribution in [2.24, 2.45) is 0 Å². The van der Waals surface area contributed by atoms with Gasteiger partial charge in [0.25, 0.3) is 0 Å². The Morgan fingerprint density at radius 2 is 1.92 bits per heavy atom. The smallest absolute Gasteiger partial charge is 0.197 e. The van der Waals surface area contributed by atoms with Gasteiger partial charge >= 0.3 is 0 Å². The highest BCUT2D eigenvalue weighted by atomic mass is 16.5. The largest absolute Gasteiger partial charge is 0.496 e. The highest BCUT2D eigenvalue weighted by Crippen LogP contribution is 2.42. The Morgan fingerprint density at radius 1 is 1.12 bits per heavy atom. The first-order chi connectivity index (χ1) is 11.6. The number of aromatic nitrogens is 1. The second kappa shape index (κ2) is 5.13. The minimum Gasteiger partial charge on any atom is -0.496 e. The van der Waals surface area contributed by atoms with Crippen LogP contribution in [0.1, 0.15) is 22.3 Å². The van der Waals surface area contributed by atoms with Gasteiger partial charge in [-0.15, -0.1) is 0 Å². The van der Waals surface area contributed by atoms with Gasteiger partial charge in [-0.1, -0.05) is 6.07 Å². The third-order valence-corrected chi connectivity index (χ3v) is 5.13. The van der Waals surface area contributed by atoms with Crippen LogP contribution in [-0.2, 0) is 6.42 Å². The first-order valence-corrected chi connectivity index (χ1v) is 8.09. The molecule has 0 spiro atoms. The maximum absolute atomic E-state index is 13.2. The summed E-state index contributed by atoms with van der Waals surface area (Å²) in [6, 6.07) is 6.00. The van der Waals surface area contributed by atoms with Crippen molar-refractivity contribution in [1.82, 2.24) is 4.98 Å². The molecule has 1 aliphatic carbocycles. The van der Waals surface area contributed by atoms with Crippen molar-refractivity contribution in [3.05, 3.63) is 56.9 Å². The molecule has 0 bridgehead atoms. The first-order valence-electron chi connectivity index (χ1n) is 8.09. The van der Waals surface area contributed by atoms with Crippen LogP contribution in [0.2, 0.25) is 0 Å². The second-order valence-corrected chi connectivity index (χ2v) is 6.33. The van der Waals surface area contributed by atoms with Crippen molar-refractivity contribution in [1.29, 1.82) is 0 Å². The zero-order valence-electron chi connectivity index (χ0n) is 14.3. The van der Waals surface area contributed by atoms with Gasteiger partial charge in [0.2, 0.25) is 0 Å². The van der Waals surface area contributed by atoms with Crippen LogP contribution >= 0.6 is 0 Å². The molecule has 2 aromatic carbocycles. The van der Waals surface area contributed by atoms with E-state index in [1.165, 1.54) is 11.1 Å². The molecular formula is C20H20N2O2. The zero-order chi connectivity index (χ0) is 17.0. The van der Waals surface area contributed by atoms with E-state index in [9.17, 15) is 4.79 Å². The van der Waals surface area contributed by atoms with Crippen LogP contribution in [0.3, 0.4) is 0 Å². The maximum Gasteiger partial charge on any atom is 0.197 e. The summed E-state index contributed by atoms with van der Waals surface area (Å²) in [5.41, 5.74) is 8.41. The summed E-state index contributed by atoms with van der Waals surface area (Å²) in [7, 11) is 3.58. The molecule has 4 nitrogen and oxygen atoms in total. The Bertz CT molecular complexity index is 1050. The van der Waals surface area contributed by atoms with Crippen LogP contribution in [0.15, 0.2) is 29.2 Å². The molecule has 3 aromatic rings. The van der Waals surface area contributed by atoms with Crippen LogP contribution in [0.4, 0.5) is 5.69 Å². The molecule has 0 atom stereocenters. The monoisotopic (exact) mass is 320 g/mol. The molecule has 1 aliphatic rings. The number of hydrogen-bond acceptors (Lipinski definition) is 3. The first kappa shape index (κ1) is 14.8. The van der Waals surface area contributed by atoms with E-state index in [0.29, 0.717) is 0 Å². The molecular weight excluding hydrogens is 300 g/mol. The average Bonchev–Trinajstić information content (AvgIpc) is 3.38. The molecule has 0 radical (unpaired) electrons. The van der Waals surface area contributed by atoms with Crippen molar-refractivity contribution in [3.8, 4) is 16.9 Å². The van der Waals surface area contributed by atoms with E-state index in [-0.39, 0.29) is 5.43 Å². The number of nitrogens with one attached hydrogen (secondary N) is 2. The number of benzene rings is 2. The fourth-order valence-electron chi connectivity index (χ4n) is 3.56. The van der Waals surface area contributed by atoms with Crippen LogP contribution in [0.5, 0.6) is 5.75 Å². The predicted molar refractivity (Wildman–Crippen MR) is 98.4 cm³/mol. The maximum atomic E-state index is 13.2. The molecule has 4 rings (SSSR count). The Morgan fingerprint density at radius 3 is 2.62 bits per heavy atom. The van der Waals surface area contributed by atoms with Gasteiger partial charge in [0.15, 0.2) is 5.43 Å². The van der Waals surface area contributed by atoms with Crippen molar-refractivity contribution in [3.63, 3.8) is 0 Å². The zero-order valence-corrected chi connectivity index (χ0v) is 14.3. The lowest BCUT2D eigenvalue weighted by atomic mass is 9.98. The molecule has 1 aromatic heterocycles. The average molecular weight is 320 g/mol. The van der Waals surface area contributed by atoms with Gasteiger partial charge in [-0.2, -0.15) is 0 Å². The number of rotatable bonds is 3. The Hall–Kier alpha value is -2.75. The van der Waals surface area contributed by atoms with E-state index in [1.807, 2.05) is 39.2 Å². The number of aromatic amines is 1. The summed E-state index contributed by atoms with van der Waals surface area (Å²) in [4.78, 5) is 16.4. The van der Waals surface area contributed by atoms with Crippen molar-refractivity contribution in [2.75, 3.05) is 19.5 Å². The summed E-state index contributed by atoms with van der Waals surface area (Å²) in [5, 5.41) is 3.95. The van der Waals surface area contributed by atoms with Gasteiger partial charge < -0.3 is 15.0 Å². The number of fused-ring (bicyclic) bond motifs is 2. The lowest BCUT2D eigenvalue weighted by molar-refractivity contribution is 0.412. The van der Waals surface area contributed by atoms with Crippen LogP contribution in [0, 0.1) is 13.8 Å². The van der Waals surface area contributed by atoms with Crippen LogP contribution < -0.4 is 15.5 Å². The molecule has 0 amide bonds. The Labute approximate surface area is 140 Å². The van der Waals surface area contributed by atoms with Gasteiger partial charge in [0.1, 0.15) is 5.75 Å². The van der Waals surface area contributed by atoms with Crippen molar-refractivity contribution < 1.29 is 4.74 Å². The van der Waals surface area contributed by atoms with Gasteiger partial charge in [0, 0.05) is 42.4 Å². The molecule has 0 unspecified atom stereocenters. The number of aryl methyl sites for hydroxylation is 1. The van der Waals surface area contributed by atoms with Gasteiger partial charge in [-0.05, 0) is 47.7 Å². The number of hydrogen-bond donors (Lipinski definition) is 2. The summed E-state index contributed by atoms with van der Waals surface area (Å²) in [5.74, 6) is 0.800. The minimum atomic E-state index is 0.0818. The third-order valence-electron chi connectivity index (χ3n) is 5.13. The molecule has 2 N–H and O–H groups in total. The van der Waals surface area contributed by atoms with E-state index in [2.05, 4.69) is 16.4 Å². The van der Waals surface area contributed by atoms with E-state index >= 15 is 0 Å². The fraction of sp³-hybridized carbons (Fsp3) is 0.250.